The van der Waals surface area contributed by atoms with E-state index in [0.717, 1.165) is 33.6 Å². The Hall–Kier alpha value is -3.66. The molecular weight excluding hydrogens is 346 g/mol. The molecular formula is C24H23N3O. The highest BCUT2D eigenvalue weighted by atomic mass is 16.1. The van der Waals surface area contributed by atoms with Crippen LogP contribution in [0.1, 0.15) is 21.5 Å². The molecule has 0 aromatic heterocycles. The third-order valence-electron chi connectivity index (χ3n) is 4.49. The standard InChI is InChI=1S/C24H23N3O/c1-4-17-15-20(5-6-21(17)16-25-2)24(28)27-23-13-9-19(10-14-23)18-7-11-22(26-3)12-8-18/h4-16,26H,1H2,2-3H3,(H,27,28). The van der Waals surface area contributed by atoms with Gasteiger partial charge in [0.15, 0.2) is 0 Å². The third-order valence-corrected chi connectivity index (χ3v) is 4.49. The minimum absolute atomic E-state index is 0.158. The van der Waals surface area contributed by atoms with Crippen molar-refractivity contribution in [2.24, 2.45) is 4.99 Å². The molecule has 28 heavy (non-hydrogen) atoms. The minimum atomic E-state index is -0.158. The fraction of sp³-hybridized carbons (Fsp3) is 0.0833. The lowest BCUT2D eigenvalue weighted by molar-refractivity contribution is 0.102. The van der Waals surface area contributed by atoms with Crippen molar-refractivity contribution in [3.63, 3.8) is 0 Å². The smallest absolute Gasteiger partial charge is 0.255 e. The second-order valence-electron chi connectivity index (χ2n) is 6.29. The Kier molecular flexibility index (Phi) is 6.02. The first kappa shape index (κ1) is 19.1. The second-order valence-corrected chi connectivity index (χ2v) is 6.29. The molecule has 3 aromatic rings. The van der Waals surface area contributed by atoms with E-state index in [-0.39, 0.29) is 5.91 Å². The van der Waals surface area contributed by atoms with Gasteiger partial charge in [-0.05, 0) is 58.7 Å². The van der Waals surface area contributed by atoms with Gasteiger partial charge in [0.2, 0.25) is 0 Å². The van der Waals surface area contributed by atoms with E-state index in [1.165, 1.54) is 0 Å². The van der Waals surface area contributed by atoms with E-state index in [0.29, 0.717) is 5.56 Å². The highest BCUT2D eigenvalue weighted by molar-refractivity contribution is 6.05. The normalized spacial score (nSPS) is 10.6. The maximum atomic E-state index is 12.6. The van der Waals surface area contributed by atoms with Crippen molar-refractivity contribution in [3.8, 4) is 11.1 Å². The third kappa shape index (κ3) is 4.35. The minimum Gasteiger partial charge on any atom is -0.388 e. The number of hydrogen-bond donors (Lipinski definition) is 2. The number of aliphatic imine (C=N–C) groups is 1. The second kappa shape index (κ2) is 8.82. The van der Waals surface area contributed by atoms with Crippen LogP contribution in [-0.4, -0.2) is 26.2 Å². The summed E-state index contributed by atoms with van der Waals surface area (Å²) in [7, 11) is 3.61. The van der Waals surface area contributed by atoms with Gasteiger partial charge in [-0.3, -0.25) is 9.79 Å². The van der Waals surface area contributed by atoms with Crippen molar-refractivity contribution in [1.82, 2.24) is 0 Å². The molecule has 3 rings (SSSR count). The molecule has 3 aromatic carbocycles. The van der Waals surface area contributed by atoms with E-state index >= 15 is 0 Å². The molecule has 0 bridgehead atoms. The van der Waals surface area contributed by atoms with E-state index in [1.54, 1.807) is 25.4 Å². The van der Waals surface area contributed by atoms with Crippen LogP contribution in [0.5, 0.6) is 0 Å². The predicted octanol–water partition coefficient (Wildman–Crippen LogP) is 5.34. The summed E-state index contributed by atoms with van der Waals surface area (Å²) in [6, 6.07) is 21.5. The molecule has 0 spiro atoms. The molecule has 0 fully saturated rings. The Labute approximate surface area is 165 Å². The summed E-state index contributed by atoms with van der Waals surface area (Å²) in [5.41, 5.74) is 6.43. The molecule has 0 unspecified atom stereocenters. The molecule has 0 radical (unpaired) electrons. The number of nitrogens with one attached hydrogen (secondary N) is 2. The van der Waals surface area contributed by atoms with Crippen LogP contribution in [0, 0.1) is 0 Å². The van der Waals surface area contributed by atoms with Gasteiger partial charge < -0.3 is 10.6 Å². The van der Waals surface area contributed by atoms with Gasteiger partial charge in [0.25, 0.3) is 5.91 Å². The van der Waals surface area contributed by atoms with Gasteiger partial charge in [-0.25, -0.2) is 0 Å². The van der Waals surface area contributed by atoms with E-state index < -0.39 is 0 Å². The fourth-order valence-corrected chi connectivity index (χ4v) is 2.93. The Balaban J connectivity index is 1.74. The van der Waals surface area contributed by atoms with Crippen LogP contribution in [0.4, 0.5) is 11.4 Å². The molecule has 2 N–H and O–H groups in total. The van der Waals surface area contributed by atoms with Crippen molar-refractivity contribution < 1.29 is 4.79 Å². The van der Waals surface area contributed by atoms with Crippen molar-refractivity contribution in [3.05, 3.63) is 90.0 Å². The Morgan fingerprint density at radius 3 is 2.04 bits per heavy atom. The maximum Gasteiger partial charge on any atom is 0.255 e. The van der Waals surface area contributed by atoms with Crippen LogP contribution in [0.15, 0.2) is 78.3 Å². The van der Waals surface area contributed by atoms with E-state index in [2.05, 4.69) is 34.3 Å². The number of hydrogen-bond acceptors (Lipinski definition) is 3. The summed E-state index contributed by atoms with van der Waals surface area (Å²) >= 11 is 0. The molecule has 0 saturated carbocycles. The van der Waals surface area contributed by atoms with Gasteiger partial charge in [0.1, 0.15) is 0 Å². The lowest BCUT2D eigenvalue weighted by atomic mass is 10.0. The number of nitrogens with zero attached hydrogens (tertiary/aromatic N) is 1. The SMILES string of the molecule is C=Cc1cc(C(=O)Nc2ccc(-c3ccc(NC)cc3)cc2)ccc1C=NC. The first-order chi connectivity index (χ1) is 13.6. The average Bonchev–Trinajstić information content (AvgIpc) is 2.75. The zero-order valence-electron chi connectivity index (χ0n) is 16.1. The number of carbonyl (C=O) groups excluding carboxylic acids is 1. The molecule has 0 saturated heterocycles. The molecule has 0 aliphatic heterocycles. The Morgan fingerprint density at radius 1 is 0.893 bits per heavy atom. The number of anilines is 2. The monoisotopic (exact) mass is 369 g/mol. The molecule has 0 aliphatic carbocycles. The molecule has 4 nitrogen and oxygen atoms in total. The van der Waals surface area contributed by atoms with Gasteiger partial charge in [0.05, 0.1) is 0 Å². The summed E-state index contributed by atoms with van der Waals surface area (Å²) in [5, 5.41) is 6.05. The van der Waals surface area contributed by atoms with Crippen molar-refractivity contribution >= 4 is 29.6 Å². The summed E-state index contributed by atoms with van der Waals surface area (Å²) in [6.45, 7) is 3.81. The quantitative estimate of drug-likeness (QED) is 0.576. The first-order valence-electron chi connectivity index (χ1n) is 9.03. The molecule has 1 amide bonds. The number of carbonyl (C=O) groups is 1. The van der Waals surface area contributed by atoms with E-state index in [9.17, 15) is 4.79 Å². The summed E-state index contributed by atoms with van der Waals surface area (Å²) < 4.78 is 0. The van der Waals surface area contributed by atoms with E-state index in [4.69, 9.17) is 0 Å². The summed E-state index contributed by atoms with van der Waals surface area (Å²) in [6.07, 6.45) is 3.47. The lowest BCUT2D eigenvalue weighted by Gasteiger charge is -2.09. The Morgan fingerprint density at radius 2 is 1.50 bits per heavy atom. The molecule has 0 atom stereocenters. The fourth-order valence-electron chi connectivity index (χ4n) is 2.93. The number of amides is 1. The van der Waals surface area contributed by atoms with Crippen LogP contribution in [0.25, 0.3) is 17.2 Å². The molecule has 0 aliphatic rings. The zero-order chi connectivity index (χ0) is 19.9. The average molecular weight is 369 g/mol. The molecule has 4 heteroatoms. The Bertz CT molecular complexity index is 1000. The zero-order valence-corrected chi connectivity index (χ0v) is 16.1. The van der Waals surface area contributed by atoms with Crippen LogP contribution in [0.3, 0.4) is 0 Å². The largest absolute Gasteiger partial charge is 0.388 e. The summed E-state index contributed by atoms with van der Waals surface area (Å²) in [5.74, 6) is -0.158. The lowest BCUT2D eigenvalue weighted by Crippen LogP contribution is -2.12. The van der Waals surface area contributed by atoms with Crippen LogP contribution in [-0.2, 0) is 0 Å². The highest BCUT2D eigenvalue weighted by Crippen LogP contribution is 2.23. The number of rotatable bonds is 6. The van der Waals surface area contributed by atoms with Crippen molar-refractivity contribution in [2.75, 3.05) is 24.7 Å². The van der Waals surface area contributed by atoms with Crippen molar-refractivity contribution in [1.29, 1.82) is 0 Å². The molecule has 140 valence electrons. The van der Waals surface area contributed by atoms with Gasteiger partial charge in [-0.15, -0.1) is 0 Å². The van der Waals surface area contributed by atoms with E-state index in [1.807, 2.05) is 55.6 Å². The van der Waals surface area contributed by atoms with Crippen LogP contribution < -0.4 is 10.6 Å². The topological polar surface area (TPSA) is 53.5 Å². The maximum absolute atomic E-state index is 12.6. The highest BCUT2D eigenvalue weighted by Gasteiger charge is 2.09. The first-order valence-corrected chi connectivity index (χ1v) is 9.03. The van der Waals surface area contributed by atoms with Gasteiger partial charge >= 0.3 is 0 Å². The van der Waals surface area contributed by atoms with Crippen LogP contribution >= 0.6 is 0 Å². The van der Waals surface area contributed by atoms with Gasteiger partial charge in [0, 0.05) is 37.2 Å². The van der Waals surface area contributed by atoms with Gasteiger partial charge in [-0.1, -0.05) is 43.0 Å². The predicted molar refractivity (Wildman–Crippen MR) is 119 cm³/mol. The number of benzene rings is 3. The van der Waals surface area contributed by atoms with Gasteiger partial charge in [-0.2, -0.15) is 0 Å². The van der Waals surface area contributed by atoms with Crippen LogP contribution in [0.2, 0.25) is 0 Å². The van der Waals surface area contributed by atoms with Crippen molar-refractivity contribution in [2.45, 2.75) is 0 Å². The summed E-state index contributed by atoms with van der Waals surface area (Å²) in [4.78, 5) is 16.6. The molecule has 0 heterocycles.